The molecule has 1 saturated carbocycles. The van der Waals surface area contributed by atoms with Crippen LogP contribution in [-0.4, -0.2) is 35.6 Å². The fourth-order valence-corrected chi connectivity index (χ4v) is 3.64. The minimum Gasteiger partial charge on any atom is -0.341 e. The molecule has 2 fully saturated rings. The Bertz CT molecular complexity index is 393. The third kappa shape index (κ3) is 4.40. The van der Waals surface area contributed by atoms with Crippen molar-refractivity contribution in [2.24, 2.45) is 5.92 Å². The van der Waals surface area contributed by atoms with Crippen LogP contribution < -0.4 is 10.2 Å². The summed E-state index contributed by atoms with van der Waals surface area (Å²) >= 11 is 0. The van der Waals surface area contributed by atoms with Crippen LogP contribution in [0.5, 0.6) is 0 Å². The summed E-state index contributed by atoms with van der Waals surface area (Å²) in [6.07, 6.45) is 14.7. The molecule has 1 N–H and O–H groups in total. The van der Waals surface area contributed by atoms with Gasteiger partial charge in [0.25, 0.3) is 0 Å². The molecule has 4 heteroatoms. The van der Waals surface area contributed by atoms with Gasteiger partial charge in [0, 0.05) is 31.5 Å². The van der Waals surface area contributed by atoms with Crippen molar-refractivity contribution in [1.29, 1.82) is 0 Å². The molecule has 1 saturated heterocycles. The van der Waals surface area contributed by atoms with Crippen LogP contribution in [0.4, 0.5) is 5.95 Å². The Balaban J connectivity index is 1.39. The van der Waals surface area contributed by atoms with Crippen LogP contribution in [0.2, 0.25) is 0 Å². The van der Waals surface area contributed by atoms with Gasteiger partial charge >= 0.3 is 0 Å². The van der Waals surface area contributed by atoms with E-state index in [1.807, 2.05) is 18.5 Å². The molecule has 1 aliphatic carbocycles. The van der Waals surface area contributed by atoms with Gasteiger partial charge in [-0.1, -0.05) is 25.7 Å². The molecule has 2 heterocycles. The molecule has 0 aromatic carbocycles. The van der Waals surface area contributed by atoms with Crippen LogP contribution in [0.3, 0.4) is 0 Å². The molecule has 0 spiro atoms. The first kappa shape index (κ1) is 14.8. The van der Waals surface area contributed by atoms with E-state index >= 15 is 0 Å². The number of hydrogen-bond acceptors (Lipinski definition) is 4. The number of anilines is 1. The lowest BCUT2D eigenvalue weighted by Crippen LogP contribution is -2.44. The average Bonchev–Trinajstić information content (AvgIpc) is 2.83. The molecular weight excluding hydrogens is 260 g/mol. The van der Waals surface area contributed by atoms with Gasteiger partial charge < -0.3 is 10.2 Å². The van der Waals surface area contributed by atoms with Crippen LogP contribution >= 0.6 is 0 Å². The lowest BCUT2D eigenvalue weighted by Gasteiger charge is -2.33. The van der Waals surface area contributed by atoms with E-state index in [1.165, 1.54) is 57.9 Å². The van der Waals surface area contributed by atoms with Crippen LogP contribution in [0.15, 0.2) is 18.5 Å². The molecule has 1 aromatic rings. The summed E-state index contributed by atoms with van der Waals surface area (Å²) in [4.78, 5) is 11.0. The highest BCUT2D eigenvalue weighted by molar-refractivity contribution is 5.29. The van der Waals surface area contributed by atoms with E-state index in [4.69, 9.17) is 0 Å². The van der Waals surface area contributed by atoms with E-state index in [1.54, 1.807) is 0 Å². The fourth-order valence-electron chi connectivity index (χ4n) is 3.64. The molecule has 116 valence electrons. The largest absolute Gasteiger partial charge is 0.341 e. The third-order valence-electron chi connectivity index (χ3n) is 5.00. The molecular formula is C17H28N4. The molecule has 3 rings (SSSR count). The van der Waals surface area contributed by atoms with Crippen LogP contribution in [-0.2, 0) is 0 Å². The lowest BCUT2D eigenvalue weighted by molar-refractivity contribution is 0.354. The van der Waals surface area contributed by atoms with Crippen molar-refractivity contribution in [1.82, 2.24) is 15.3 Å². The fraction of sp³-hybridized carbons (Fsp3) is 0.765. The predicted octanol–water partition coefficient (Wildman–Crippen LogP) is 3.01. The van der Waals surface area contributed by atoms with Crippen molar-refractivity contribution < 1.29 is 0 Å². The second kappa shape index (κ2) is 7.74. The van der Waals surface area contributed by atoms with Gasteiger partial charge in [-0.25, -0.2) is 9.97 Å². The Hall–Kier alpha value is -1.16. The van der Waals surface area contributed by atoms with Crippen molar-refractivity contribution >= 4 is 5.95 Å². The number of aromatic nitrogens is 2. The van der Waals surface area contributed by atoms with Crippen LogP contribution in [0.1, 0.15) is 51.4 Å². The molecule has 0 unspecified atom stereocenters. The highest BCUT2D eigenvalue weighted by Gasteiger charge is 2.21. The van der Waals surface area contributed by atoms with E-state index in [-0.39, 0.29) is 0 Å². The molecule has 0 amide bonds. The second-order valence-electron chi connectivity index (χ2n) is 6.58. The Morgan fingerprint density at radius 2 is 1.62 bits per heavy atom. The number of rotatable bonds is 4. The molecule has 1 aromatic heterocycles. The van der Waals surface area contributed by atoms with E-state index in [2.05, 4.69) is 20.2 Å². The molecule has 4 nitrogen and oxygen atoms in total. The highest BCUT2D eigenvalue weighted by atomic mass is 15.3. The van der Waals surface area contributed by atoms with Gasteiger partial charge in [0.2, 0.25) is 5.95 Å². The van der Waals surface area contributed by atoms with Crippen molar-refractivity contribution in [3.8, 4) is 0 Å². The maximum absolute atomic E-state index is 4.35. The molecule has 2 aliphatic rings. The second-order valence-corrected chi connectivity index (χ2v) is 6.58. The molecule has 0 atom stereocenters. The standard InChI is InChI=1S/C17H28N4/c1-2-4-7-15(6-3-1)14-20-16-8-12-21(13-9-16)17-18-10-5-11-19-17/h5,10-11,15-16,20H,1-4,6-9,12-14H2. The van der Waals surface area contributed by atoms with Crippen molar-refractivity contribution in [3.63, 3.8) is 0 Å². The topological polar surface area (TPSA) is 41.1 Å². The van der Waals surface area contributed by atoms with Gasteiger partial charge in [-0.05, 0) is 44.2 Å². The van der Waals surface area contributed by atoms with Gasteiger partial charge in [-0.3, -0.25) is 0 Å². The minimum atomic E-state index is 0.688. The summed E-state index contributed by atoms with van der Waals surface area (Å²) in [6, 6.07) is 2.57. The zero-order valence-corrected chi connectivity index (χ0v) is 13.0. The lowest BCUT2D eigenvalue weighted by atomic mass is 9.98. The van der Waals surface area contributed by atoms with Crippen molar-refractivity contribution in [2.75, 3.05) is 24.5 Å². The molecule has 1 aliphatic heterocycles. The van der Waals surface area contributed by atoms with E-state index < -0.39 is 0 Å². The monoisotopic (exact) mass is 288 g/mol. The Kier molecular flexibility index (Phi) is 5.44. The first-order valence-electron chi connectivity index (χ1n) is 8.67. The maximum atomic E-state index is 4.35. The Labute approximate surface area is 128 Å². The normalized spacial score (nSPS) is 22.2. The number of piperidine rings is 1. The molecule has 0 bridgehead atoms. The average molecular weight is 288 g/mol. The summed E-state index contributed by atoms with van der Waals surface area (Å²) in [6.45, 7) is 3.38. The van der Waals surface area contributed by atoms with Crippen LogP contribution in [0, 0.1) is 5.92 Å². The van der Waals surface area contributed by atoms with Crippen LogP contribution in [0.25, 0.3) is 0 Å². The zero-order valence-electron chi connectivity index (χ0n) is 13.0. The number of nitrogens with zero attached hydrogens (tertiary/aromatic N) is 3. The van der Waals surface area contributed by atoms with E-state index in [0.717, 1.165) is 25.0 Å². The van der Waals surface area contributed by atoms with Crippen molar-refractivity contribution in [2.45, 2.75) is 57.4 Å². The summed E-state index contributed by atoms with van der Waals surface area (Å²) < 4.78 is 0. The predicted molar refractivity (Wildman–Crippen MR) is 86.5 cm³/mol. The third-order valence-corrected chi connectivity index (χ3v) is 5.00. The first-order valence-corrected chi connectivity index (χ1v) is 8.67. The van der Waals surface area contributed by atoms with E-state index in [9.17, 15) is 0 Å². The smallest absolute Gasteiger partial charge is 0.225 e. The van der Waals surface area contributed by atoms with Crippen molar-refractivity contribution in [3.05, 3.63) is 18.5 Å². The molecule has 0 radical (unpaired) electrons. The molecule has 21 heavy (non-hydrogen) atoms. The van der Waals surface area contributed by atoms with Gasteiger partial charge in [0.05, 0.1) is 0 Å². The Morgan fingerprint density at radius 3 is 2.29 bits per heavy atom. The number of nitrogens with one attached hydrogen (secondary N) is 1. The minimum absolute atomic E-state index is 0.688. The van der Waals surface area contributed by atoms with Gasteiger partial charge in [0.1, 0.15) is 0 Å². The van der Waals surface area contributed by atoms with E-state index in [0.29, 0.717) is 6.04 Å². The summed E-state index contributed by atoms with van der Waals surface area (Å²) in [5.41, 5.74) is 0. The summed E-state index contributed by atoms with van der Waals surface area (Å²) in [5, 5.41) is 3.82. The number of hydrogen-bond donors (Lipinski definition) is 1. The summed E-state index contributed by atoms with van der Waals surface area (Å²) in [5.74, 6) is 1.81. The maximum Gasteiger partial charge on any atom is 0.225 e. The highest BCUT2D eigenvalue weighted by Crippen LogP contribution is 2.23. The van der Waals surface area contributed by atoms with Gasteiger partial charge in [0.15, 0.2) is 0 Å². The first-order chi connectivity index (χ1) is 10.4. The zero-order chi connectivity index (χ0) is 14.3. The summed E-state index contributed by atoms with van der Waals surface area (Å²) in [7, 11) is 0. The van der Waals surface area contributed by atoms with Gasteiger partial charge in [-0.2, -0.15) is 0 Å². The Morgan fingerprint density at radius 1 is 0.952 bits per heavy atom. The quantitative estimate of drug-likeness (QED) is 0.865. The SMILES string of the molecule is c1cnc(N2CCC(NCC3CCCCCC3)CC2)nc1. The van der Waals surface area contributed by atoms with Gasteiger partial charge in [-0.15, -0.1) is 0 Å².